The van der Waals surface area contributed by atoms with Crippen molar-refractivity contribution in [3.63, 3.8) is 0 Å². The summed E-state index contributed by atoms with van der Waals surface area (Å²) in [5.74, 6) is 0.219. The van der Waals surface area contributed by atoms with Crippen LogP contribution < -0.4 is 4.74 Å². The van der Waals surface area contributed by atoms with Crippen molar-refractivity contribution in [3.05, 3.63) is 59.2 Å². The highest BCUT2D eigenvalue weighted by Gasteiger charge is 2.26. The lowest BCUT2D eigenvalue weighted by Crippen LogP contribution is -2.32. The van der Waals surface area contributed by atoms with Gasteiger partial charge in [0.2, 0.25) is 10.0 Å². The molecular weight excluding hydrogens is 400 g/mol. The SMILES string of the molecule is COc1ccc(S(=O)(=O)N(C)Cc2ccc(C)cc2)cc1C(=O)N1CCCCCC1. The van der Waals surface area contributed by atoms with E-state index < -0.39 is 10.0 Å². The third-order valence-corrected chi connectivity index (χ3v) is 7.33. The monoisotopic (exact) mass is 430 g/mol. The molecule has 0 saturated carbocycles. The zero-order valence-corrected chi connectivity index (χ0v) is 18.7. The Balaban J connectivity index is 1.88. The van der Waals surface area contributed by atoms with Crippen LogP contribution in [0.25, 0.3) is 0 Å². The Morgan fingerprint density at radius 3 is 2.27 bits per heavy atom. The minimum Gasteiger partial charge on any atom is -0.496 e. The largest absolute Gasteiger partial charge is 0.496 e. The number of benzene rings is 2. The summed E-state index contributed by atoms with van der Waals surface area (Å²) in [6.07, 6.45) is 4.15. The lowest BCUT2D eigenvalue weighted by Gasteiger charge is -2.23. The first kappa shape index (κ1) is 22.3. The van der Waals surface area contributed by atoms with Gasteiger partial charge in [-0.2, -0.15) is 4.31 Å². The average molecular weight is 431 g/mol. The zero-order chi connectivity index (χ0) is 21.7. The van der Waals surface area contributed by atoms with Crippen molar-refractivity contribution in [3.8, 4) is 5.75 Å². The highest BCUT2D eigenvalue weighted by Crippen LogP contribution is 2.27. The fourth-order valence-corrected chi connectivity index (χ4v) is 4.86. The van der Waals surface area contributed by atoms with E-state index in [2.05, 4.69) is 0 Å². The van der Waals surface area contributed by atoms with Crippen LogP contribution in [0.3, 0.4) is 0 Å². The normalized spacial score (nSPS) is 15.1. The van der Waals surface area contributed by atoms with Gasteiger partial charge in [-0.3, -0.25) is 4.79 Å². The van der Waals surface area contributed by atoms with E-state index in [1.54, 1.807) is 18.0 Å². The van der Waals surface area contributed by atoms with Crippen LogP contribution in [-0.4, -0.2) is 50.8 Å². The zero-order valence-electron chi connectivity index (χ0n) is 17.9. The van der Waals surface area contributed by atoms with Gasteiger partial charge in [-0.15, -0.1) is 0 Å². The third-order valence-electron chi connectivity index (χ3n) is 5.53. The maximum atomic E-state index is 13.2. The van der Waals surface area contributed by atoms with E-state index in [0.717, 1.165) is 36.8 Å². The first-order valence-electron chi connectivity index (χ1n) is 10.3. The first-order valence-corrected chi connectivity index (χ1v) is 11.8. The van der Waals surface area contributed by atoms with Gasteiger partial charge in [0.1, 0.15) is 5.75 Å². The molecule has 7 heteroatoms. The van der Waals surface area contributed by atoms with Gasteiger partial charge in [0.25, 0.3) is 5.91 Å². The number of nitrogens with zero attached hydrogens (tertiary/aromatic N) is 2. The van der Waals surface area contributed by atoms with Crippen LogP contribution in [0.5, 0.6) is 5.75 Å². The second-order valence-corrected chi connectivity index (χ2v) is 9.86. The number of rotatable bonds is 6. The Labute approximate surface area is 179 Å². The molecule has 30 heavy (non-hydrogen) atoms. The molecule has 0 N–H and O–H groups in total. The van der Waals surface area contributed by atoms with Gasteiger partial charge >= 0.3 is 0 Å². The summed E-state index contributed by atoms with van der Waals surface area (Å²) in [5.41, 5.74) is 2.32. The van der Waals surface area contributed by atoms with E-state index in [4.69, 9.17) is 4.74 Å². The van der Waals surface area contributed by atoms with Crippen molar-refractivity contribution in [2.45, 2.75) is 44.0 Å². The third kappa shape index (κ3) is 5.02. The van der Waals surface area contributed by atoms with E-state index in [-0.39, 0.29) is 17.3 Å². The molecule has 1 amide bonds. The van der Waals surface area contributed by atoms with Crippen LogP contribution in [-0.2, 0) is 16.6 Å². The van der Waals surface area contributed by atoms with Gasteiger partial charge in [0, 0.05) is 26.7 Å². The molecule has 2 aromatic carbocycles. The molecule has 0 aromatic heterocycles. The number of carbonyl (C=O) groups is 1. The van der Waals surface area contributed by atoms with Gasteiger partial charge in [-0.05, 0) is 43.5 Å². The molecule has 0 atom stereocenters. The van der Waals surface area contributed by atoms with Crippen molar-refractivity contribution in [2.24, 2.45) is 0 Å². The van der Waals surface area contributed by atoms with Crippen molar-refractivity contribution in [1.82, 2.24) is 9.21 Å². The Hall–Kier alpha value is -2.38. The summed E-state index contributed by atoms with van der Waals surface area (Å²) >= 11 is 0. The summed E-state index contributed by atoms with van der Waals surface area (Å²) in [4.78, 5) is 15.0. The lowest BCUT2D eigenvalue weighted by molar-refractivity contribution is 0.0758. The highest BCUT2D eigenvalue weighted by atomic mass is 32.2. The predicted octanol–water partition coefficient (Wildman–Crippen LogP) is 3.84. The molecule has 3 rings (SSSR count). The second-order valence-electron chi connectivity index (χ2n) is 7.82. The highest BCUT2D eigenvalue weighted by molar-refractivity contribution is 7.89. The fourth-order valence-electron chi connectivity index (χ4n) is 3.67. The summed E-state index contributed by atoms with van der Waals surface area (Å²) in [7, 11) is -0.716. The molecular formula is C23H30N2O4S. The van der Waals surface area contributed by atoms with Crippen molar-refractivity contribution in [1.29, 1.82) is 0 Å². The second kappa shape index (κ2) is 9.62. The summed E-state index contributed by atoms with van der Waals surface area (Å²) in [5, 5.41) is 0. The van der Waals surface area contributed by atoms with Gasteiger partial charge in [0.05, 0.1) is 17.6 Å². The van der Waals surface area contributed by atoms with Crippen LogP contribution in [0.15, 0.2) is 47.4 Å². The number of ether oxygens (including phenoxy) is 1. The van der Waals surface area contributed by atoms with E-state index in [1.807, 2.05) is 31.2 Å². The van der Waals surface area contributed by atoms with Crippen molar-refractivity contribution in [2.75, 3.05) is 27.2 Å². The molecule has 6 nitrogen and oxygen atoms in total. The number of likely N-dealkylation sites (tertiary alicyclic amines) is 1. The minimum atomic E-state index is -3.76. The smallest absolute Gasteiger partial charge is 0.257 e. The molecule has 1 heterocycles. The summed E-state index contributed by atoms with van der Waals surface area (Å²) < 4.78 is 33.0. The van der Waals surface area contributed by atoms with Gasteiger partial charge in [-0.1, -0.05) is 42.7 Å². The quantitative estimate of drug-likeness (QED) is 0.698. The number of aryl methyl sites for hydroxylation is 1. The Morgan fingerprint density at radius 1 is 1.03 bits per heavy atom. The summed E-state index contributed by atoms with van der Waals surface area (Å²) in [6.45, 7) is 3.62. The van der Waals surface area contributed by atoms with Crippen molar-refractivity contribution >= 4 is 15.9 Å². The standard InChI is InChI=1S/C23H30N2O4S/c1-18-8-10-19(11-9-18)17-24(2)30(27,28)20-12-13-22(29-3)21(16-20)23(26)25-14-6-4-5-7-15-25/h8-13,16H,4-7,14-15,17H2,1-3H3. The maximum absolute atomic E-state index is 13.2. The van der Waals surface area contributed by atoms with E-state index in [9.17, 15) is 13.2 Å². The molecule has 0 aliphatic carbocycles. The van der Waals surface area contributed by atoms with Crippen LogP contribution >= 0.6 is 0 Å². The molecule has 1 fully saturated rings. The number of sulfonamides is 1. The van der Waals surface area contributed by atoms with Gasteiger partial charge < -0.3 is 9.64 Å². The molecule has 162 valence electrons. The number of methoxy groups -OCH3 is 1. The number of hydrogen-bond acceptors (Lipinski definition) is 4. The Kier molecular flexibility index (Phi) is 7.15. The Bertz CT molecular complexity index is 979. The minimum absolute atomic E-state index is 0.0936. The van der Waals surface area contributed by atoms with E-state index >= 15 is 0 Å². The topological polar surface area (TPSA) is 66.9 Å². The van der Waals surface area contributed by atoms with Crippen molar-refractivity contribution < 1.29 is 17.9 Å². The van der Waals surface area contributed by atoms with E-state index in [0.29, 0.717) is 24.4 Å². The molecule has 0 radical (unpaired) electrons. The molecule has 0 spiro atoms. The predicted molar refractivity (Wildman–Crippen MR) is 117 cm³/mol. The molecule has 2 aromatic rings. The van der Waals surface area contributed by atoms with E-state index in [1.165, 1.54) is 23.5 Å². The lowest BCUT2D eigenvalue weighted by atomic mass is 10.1. The molecule has 1 saturated heterocycles. The maximum Gasteiger partial charge on any atom is 0.257 e. The van der Waals surface area contributed by atoms with Gasteiger partial charge in [0.15, 0.2) is 0 Å². The summed E-state index contributed by atoms with van der Waals surface area (Å²) in [6, 6.07) is 12.3. The fraction of sp³-hybridized carbons (Fsp3) is 0.435. The number of hydrogen-bond donors (Lipinski definition) is 0. The Morgan fingerprint density at radius 2 is 1.67 bits per heavy atom. The molecule has 1 aliphatic rings. The average Bonchev–Trinajstić information content (AvgIpc) is 3.04. The molecule has 0 unspecified atom stereocenters. The molecule has 0 bridgehead atoms. The van der Waals surface area contributed by atoms with Crippen LogP contribution in [0.1, 0.15) is 47.2 Å². The van der Waals surface area contributed by atoms with Crippen LogP contribution in [0.4, 0.5) is 0 Å². The first-order chi connectivity index (χ1) is 14.3. The molecule has 1 aliphatic heterocycles. The van der Waals surface area contributed by atoms with Crippen LogP contribution in [0.2, 0.25) is 0 Å². The number of amides is 1. The van der Waals surface area contributed by atoms with Gasteiger partial charge in [-0.25, -0.2) is 8.42 Å². The van der Waals surface area contributed by atoms with Crippen LogP contribution in [0, 0.1) is 6.92 Å². The number of carbonyl (C=O) groups excluding carboxylic acids is 1.